The van der Waals surface area contributed by atoms with Crippen molar-refractivity contribution in [2.24, 2.45) is 38.8 Å². The number of amides is 6. The first-order valence-corrected chi connectivity index (χ1v) is 19.2. The maximum atomic E-state index is 14.0. The normalized spacial score (nSPS) is 13.3. The molecular formula is C38H60N14O7. The van der Waals surface area contributed by atoms with E-state index in [0.29, 0.717) is 12.1 Å². The van der Waals surface area contributed by atoms with Gasteiger partial charge in [0.1, 0.15) is 24.2 Å². The van der Waals surface area contributed by atoms with Gasteiger partial charge in [-0.15, -0.1) is 0 Å². The molecule has 0 saturated heterocycles. The number of guanidine groups is 2. The minimum Gasteiger partial charge on any atom is -0.370 e. The van der Waals surface area contributed by atoms with Crippen LogP contribution in [-0.4, -0.2) is 106 Å². The van der Waals surface area contributed by atoms with Crippen LogP contribution < -0.4 is 54.8 Å². The van der Waals surface area contributed by atoms with Gasteiger partial charge in [0.05, 0.1) is 12.4 Å². The molecule has 1 aromatic carbocycles. The second kappa shape index (κ2) is 24.3. The van der Waals surface area contributed by atoms with E-state index in [0.717, 1.165) is 16.7 Å². The molecule has 0 aliphatic rings. The van der Waals surface area contributed by atoms with Crippen LogP contribution in [0.1, 0.15) is 75.8 Å². The largest absolute Gasteiger partial charge is 0.370 e. The lowest BCUT2D eigenvalue weighted by Crippen LogP contribution is -2.60. The molecule has 0 spiro atoms. The molecule has 0 fully saturated rings. The van der Waals surface area contributed by atoms with Gasteiger partial charge in [0.25, 0.3) is 5.91 Å². The molecule has 0 saturated carbocycles. The Morgan fingerprint density at radius 1 is 0.746 bits per heavy atom. The van der Waals surface area contributed by atoms with Gasteiger partial charge in [0, 0.05) is 44.9 Å². The Morgan fingerprint density at radius 2 is 1.31 bits per heavy atom. The minimum atomic E-state index is -1.31. The summed E-state index contributed by atoms with van der Waals surface area (Å²) in [5.41, 5.74) is 24.9. The number of aromatic amines is 1. The highest BCUT2D eigenvalue weighted by atomic mass is 16.2. The van der Waals surface area contributed by atoms with Crippen molar-refractivity contribution in [2.45, 2.75) is 110 Å². The first kappa shape index (κ1) is 48.6. The van der Waals surface area contributed by atoms with Crippen LogP contribution >= 0.6 is 0 Å². The van der Waals surface area contributed by atoms with Crippen LogP contribution in [0.5, 0.6) is 0 Å². The van der Waals surface area contributed by atoms with Crippen LogP contribution in [0.3, 0.4) is 0 Å². The number of hydrogen-bond donors (Lipinski definition) is 11. The highest BCUT2D eigenvalue weighted by Crippen LogP contribution is 2.11. The topological polar surface area (TPSA) is 349 Å². The number of aromatic nitrogens is 2. The molecule has 0 aliphatic heterocycles. The van der Waals surface area contributed by atoms with Crippen molar-refractivity contribution in [3.63, 3.8) is 0 Å². The first-order valence-electron chi connectivity index (χ1n) is 19.2. The summed E-state index contributed by atoms with van der Waals surface area (Å²) < 4.78 is 0. The van der Waals surface area contributed by atoms with E-state index in [-0.39, 0.29) is 57.2 Å². The number of hydrogen-bond acceptors (Lipinski definition) is 10. The average Bonchev–Trinajstić information content (AvgIpc) is 3.68. The van der Waals surface area contributed by atoms with E-state index in [1.165, 1.54) is 26.4 Å². The van der Waals surface area contributed by atoms with Crippen molar-refractivity contribution >= 4 is 53.1 Å². The van der Waals surface area contributed by atoms with Crippen molar-refractivity contribution in [3.05, 3.63) is 53.1 Å². The molecule has 2 rings (SSSR count). The van der Waals surface area contributed by atoms with Crippen molar-refractivity contribution in [3.8, 4) is 0 Å². The van der Waals surface area contributed by atoms with Gasteiger partial charge in [-0.1, -0.05) is 37.6 Å². The standard InChI is InChI=1S/C38H60N14O7/c1-20(2)30(52-33(56)27(49-24(6)53)9-7-13-44-37(39)40)35(58)50-28(10-8-14-45-38(41)42)32(55)51-29(16-26-18-43-19-47-26)34(57)48-23(5)31(54)36(59)46-17-25-15-21(3)11-12-22(25)4/h11-12,15,18-20,23,27-30H,7-10,13-14,16-17H2,1-6H3,(H,43,47)(H,46,59)(H,48,57)(H,49,53)(H,50,58)(H,51,55)(H,52,56)(H4,39,40,44)(H4,41,42,45). The summed E-state index contributed by atoms with van der Waals surface area (Å²) in [7, 11) is 0. The van der Waals surface area contributed by atoms with Crippen LogP contribution in [-0.2, 0) is 46.5 Å². The fourth-order valence-corrected chi connectivity index (χ4v) is 5.77. The van der Waals surface area contributed by atoms with Crippen LogP contribution in [0.15, 0.2) is 40.7 Å². The third kappa shape index (κ3) is 17.6. The molecule has 15 N–H and O–H groups in total. The zero-order chi connectivity index (χ0) is 44.2. The number of Topliss-reactive ketones (excluding diaryl/α,β-unsaturated/α-hetero) is 1. The van der Waals surface area contributed by atoms with Gasteiger partial charge in [-0.25, -0.2) is 4.98 Å². The number of nitrogens with two attached hydrogens (primary N) is 4. The smallest absolute Gasteiger partial charge is 0.289 e. The van der Waals surface area contributed by atoms with E-state index in [9.17, 15) is 33.6 Å². The Hall–Kier alpha value is -6.54. The molecule has 21 nitrogen and oxygen atoms in total. The summed E-state index contributed by atoms with van der Waals surface area (Å²) in [6.07, 6.45) is 3.44. The van der Waals surface area contributed by atoms with Crippen molar-refractivity contribution in [2.75, 3.05) is 13.1 Å². The zero-order valence-corrected chi connectivity index (χ0v) is 34.5. The quantitative estimate of drug-likeness (QED) is 0.0230. The zero-order valence-electron chi connectivity index (χ0n) is 34.5. The number of nitrogens with zero attached hydrogens (tertiary/aromatic N) is 3. The fraction of sp³-hybridized carbons (Fsp3) is 0.526. The van der Waals surface area contributed by atoms with Gasteiger partial charge >= 0.3 is 0 Å². The number of imidazole rings is 1. The molecule has 1 heterocycles. The predicted molar refractivity (Wildman–Crippen MR) is 221 cm³/mol. The van der Waals surface area contributed by atoms with E-state index < -0.39 is 77.4 Å². The first-order chi connectivity index (χ1) is 27.8. The number of H-pyrrole nitrogens is 1. The molecule has 6 amide bonds. The Morgan fingerprint density at radius 3 is 1.85 bits per heavy atom. The molecular weight excluding hydrogens is 765 g/mol. The van der Waals surface area contributed by atoms with E-state index in [2.05, 4.69) is 51.9 Å². The maximum Gasteiger partial charge on any atom is 0.289 e. The SMILES string of the molecule is CC(=O)NC(CCCN=C(N)N)C(=O)NC(C(=O)NC(CCCN=C(N)N)C(=O)NC(Cc1cnc[nH]1)C(=O)NC(C)C(=O)C(=O)NCc1cc(C)ccc1C)C(C)C. The van der Waals surface area contributed by atoms with Gasteiger partial charge in [-0.2, -0.15) is 0 Å². The second-order valence-corrected chi connectivity index (χ2v) is 14.5. The molecule has 0 aliphatic carbocycles. The van der Waals surface area contributed by atoms with Gasteiger partial charge < -0.3 is 59.8 Å². The number of carbonyl (C=O) groups excluding carboxylic acids is 7. The van der Waals surface area contributed by atoms with E-state index in [1.54, 1.807) is 13.8 Å². The monoisotopic (exact) mass is 824 g/mol. The molecule has 0 radical (unpaired) electrons. The van der Waals surface area contributed by atoms with Crippen molar-refractivity contribution < 1.29 is 33.6 Å². The molecule has 1 aromatic heterocycles. The number of aliphatic imine (C=N–C) groups is 2. The number of benzene rings is 1. The second-order valence-electron chi connectivity index (χ2n) is 14.5. The highest BCUT2D eigenvalue weighted by molar-refractivity contribution is 6.38. The molecule has 324 valence electrons. The average molecular weight is 825 g/mol. The molecule has 21 heteroatoms. The van der Waals surface area contributed by atoms with Gasteiger partial charge in [-0.05, 0) is 63.5 Å². The van der Waals surface area contributed by atoms with Gasteiger partial charge in [0.2, 0.25) is 35.3 Å². The maximum absolute atomic E-state index is 14.0. The molecule has 5 atom stereocenters. The van der Waals surface area contributed by atoms with Crippen molar-refractivity contribution in [1.29, 1.82) is 0 Å². The molecule has 59 heavy (non-hydrogen) atoms. The van der Waals surface area contributed by atoms with E-state index >= 15 is 0 Å². The summed E-state index contributed by atoms with van der Waals surface area (Å²) in [5.74, 6) is -6.02. The van der Waals surface area contributed by atoms with E-state index in [1.807, 2.05) is 32.0 Å². The third-order valence-electron chi connectivity index (χ3n) is 9.00. The molecule has 5 unspecified atom stereocenters. The predicted octanol–water partition coefficient (Wildman–Crippen LogP) is -2.32. The Kier molecular flexibility index (Phi) is 20.0. The Bertz CT molecular complexity index is 1820. The number of carbonyl (C=O) groups is 7. The Labute approximate surface area is 343 Å². The fourth-order valence-electron chi connectivity index (χ4n) is 5.77. The lowest BCUT2D eigenvalue weighted by molar-refractivity contribution is -0.140. The lowest BCUT2D eigenvalue weighted by Gasteiger charge is -2.28. The summed E-state index contributed by atoms with van der Waals surface area (Å²) in [6, 6.07) is -0.312. The third-order valence-corrected chi connectivity index (χ3v) is 9.00. The summed E-state index contributed by atoms with van der Waals surface area (Å²) in [5, 5.41) is 15.7. The number of rotatable bonds is 24. The number of ketones is 1. The van der Waals surface area contributed by atoms with Crippen LogP contribution in [0.4, 0.5) is 0 Å². The lowest BCUT2D eigenvalue weighted by atomic mass is 10.0. The van der Waals surface area contributed by atoms with Crippen LogP contribution in [0.25, 0.3) is 0 Å². The molecule has 0 bridgehead atoms. The summed E-state index contributed by atoms with van der Waals surface area (Å²) >= 11 is 0. The number of aryl methyl sites for hydroxylation is 2. The van der Waals surface area contributed by atoms with Crippen LogP contribution in [0, 0.1) is 19.8 Å². The van der Waals surface area contributed by atoms with Gasteiger partial charge in [-0.3, -0.25) is 43.5 Å². The van der Waals surface area contributed by atoms with Crippen LogP contribution in [0.2, 0.25) is 0 Å². The molecule has 2 aromatic rings. The summed E-state index contributed by atoms with van der Waals surface area (Å²) in [4.78, 5) is 107. The summed E-state index contributed by atoms with van der Waals surface area (Å²) in [6.45, 7) is 10.2. The highest BCUT2D eigenvalue weighted by Gasteiger charge is 2.33. The van der Waals surface area contributed by atoms with E-state index in [4.69, 9.17) is 22.9 Å². The number of nitrogens with one attached hydrogen (secondary N) is 7. The van der Waals surface area contributed by atoms with Gasteiger partial charge in [0.15, 0.2) is 11.9 Å². The minimum absolute atomic E-state index is 0.000291. The van der Waals surface area contributed by atoms with Crippen molar-refractivity contribution in [1.82, 2.24) is 41.9 Å². The Balaban J connectivity index is 2.27.